The van der Waals surface area contributed by atoms with Crippen LogP contribution in [0, 0.1) is 6.92 Å². The fourth-order valence-electron chi connectivity index (χ4n) is 1.19. The van der Waals surface area contributed by atoms with Crippen molar-refractivity contribution in [3.8, 4) is 0 Å². The topological polar surface area (TPSA) is 29.1 Å². The molecule has 0 fully saturated rings. The van der Waals surface area contributed by atoms with Crippen molar-refractivity contribution < 1.29 is 4.79 Å². The van der Waals surface area contributed by atoms with Gasteiger partial charge in [-0.2, -0.15) is 0 Å². The maximum Gasteiger partial charge on any atom is 0.252 e. The molecule has 0 saturated carbocycles. The largest absolute Gasteiger partial charge is 0.352 e. The summed E-state index contributed by atoms with van der Waals surface area (Å²) in [7, 11) is 0. The second kappa shape index (κ2) is 6.33. The van der Waals surface area contributed by atoms with Gasteiger partial charge in [-0.3, -0.25) is 4.79 Å². The van der Waals surface area contributed by atoms with Crippen molar-refractivity contribution >= 4 is 40.1 Å². The number of hydrogen-bond donors (Lipinski definition) is 1. The lowest BCUT2D eigenvalue weighted by Gasteiger charge is -2.07. The molecule has 0 unspecified atom stereocenters. The van der Waals surface area contributed by atoms with Crippen LogP contribution in [0.1, 0.15) is 22.3 Å². The van der Waals surface area contributed by atoms with Crippen molar-refractivity contribution in [3.05, 3.63) is 34.3 Å². The number of carbonyl (C=O) groups excluding carboxylic acids is 1. The van der Waals surface area contributed by atoms with Crippen molar-refractivity contribution in [2.75, 3.05) is 11.0 Å². The molecule has 82 valence electrons. The van der Waals surface area contributed by atoms with E-state index in [9.17, 15) is 4.79 Å². The van der Waals surface area contributed by atoms with Crippen LogP contribution in [0.2, 0.25) is 5.02 Å². The minimum atomic E-state index is -0.0893. The molecule has 1 amide bonds. The van der Waals surface area contributed by atoms with Gasteiger partial charge in [0.1, 0.15) is 0 Å². The third kappa shape index (κ3) is 3.65. The van der Waals surface area contributed by atoms with Crippen molar-refractivity contribution in [2.45, 2.75) is 13.3 Å². The number of halogens is 2. The first kappa shape index (κ1) is 12.8. The Balaban J connectivity index is 2.69. The highest BCUT2D eigenvalue weighted by atomic mass is 127. The highest BCUT2D eigenvalue weighted by molar-refractivity contribution is 14.1. The fraction of sp³-hybridized carbons (Fsp3) is 0.364. The number of benzene rings is 1. The highest BCUT2D eigenvalue weighted by Crippen LogP contribution is 2.19. The standard InChI is InChI=1S/C11H13ClINO/c1-8-4-2-5-9(10(8)12)11(15)14-7-3-6-13/h2,4-5H,3,6-7H2,1H3,(H,14,15). The van der Waals surface area contributed by atoms with Crippen LogP contribution in [0.4, 0.5) is 0 Å². The second-order valence-corrected chi connectivity index (χ2v) is 4.69. The van der Waals surface area contributed by atoms with E-state index in [2.05, 4.69) is 27.9 Å². The average molecular weight is 338 g/mol. The molecule has 0 heterocycles. The monoisotopic (exact) mass is 337 g/mol. The van der Waals surface area contributed by atoms with Crippen molar-refractivity contribution in [1.29, 1.82) is 0 Å². The summed E-state index contributed by atoms with van der Waals surface area (Å²) in [6.45, 7) is 2.59. The first-order chi connectivity index (χ1) is 7.16. The summed E-state index contributed by atoms with van der Waals surface area (Å²) in [6.07, 6.45) is 0.982. The molecule has 0 aliphatic heterocycles. The van der Waals surface area contributed by atoms with Crippen LogP contribution in [-0.4, -0.2) is 16.9 Å². The Bertz CT molecular complexity index is 354. The Labute approximate surface area is 109 Å². The molecule has 4 heteroatoms. The van der Waals surface area contributed by atoms with Gasteiger partial charge in [0.05, 0.1) is 10.6 Å². The van der Waals surface area contributed by atoms with Crippen LogP contribution in [0.15, 0.2) is 18.2 Å². The molecule has 2 nitrogen and oxygen atoms in total. The summed E-state index contributed by atoms with van der Waals surface area (Å²) in [5.41, 5.74) is 1.49. The quantitative estimate of drug-likeness (QED) is 0.510. The molecule has 1 rings (SSSR count). The normalized spacial score (nSPS) is 10.1. The van der Waals surface area contributed by atoms with E-state index in [-0.39, 0.29) is 5.91 Å². The minimum Gasteiger partial charge on any atom is -0.352 e. The summed E-state index contributed by atoms with van der Waals surface area (Å²) in [6, 6.07) is 5.48. The lowest BCUT2D eigenvalue weighted by molar-refractivity contribution is 0.0954. The third-order valence-electron chi connectivity index (χ3n) is 2.03. The van der Waals surface area contributed by atoms with Gasteiger partial charge in [0.2, 0.25) is 0 Å². The van der Waals surface area contributed by atoms with Crippen LogP contribution in [0.5, 0.6) is 0 Å². The van der Waals surface area contributed by atoms with Crippen molar-refractivity contribution in [3.63, 3.8) is 0 Å². The van der Waals surface area contributed by atoms with Crippen LogP contribution in [0.25, 0.3) is 0 Å². The Morgan fingerprint density at radius 2 is 2.27 bits per heavy atom. The molecule has 1 N–H and O–H groups in total. The maximum atomic E-state index is 11.7. The van der Waals surface area contributed by atoms with E-state index < -0.39 is 0 Å². The predicted molar refractivity (Wildman–Crippen MR) is 72.0 cm³/mol. The van der Waals surface area contributed by atoms with Crippen LogP contribution in [0.3, 0.4) is 0 Å². The molecular weight excluding hydrogens is 324 g/mol. The van der Waals surface area contributed by atoms with Crippen LogP contribution >= 0.6 is 34.2 Å². The zero-order valence-corrected chi connectivity index (χ0v) is 11.4. The maximum absolute atomic E-state index is 11.7. The first-order valence-corrected chi connectivity index (χ1v) is 6.66. The van der Waals surface area contributed by atoms with E-state index in [1.165, 1.54) is 0 Å². The Morgan fingerprint density at radius 1 is 1.53 bits per heavy atom. The number of alkyl halides is 1. The van der Waals surface area contributed by atoms with Gasteiger partial charge in [0.25, 0.3) is 5.91 Å². The Hall–Kier alpha value is -0.290. The van der Waals surface area contributed by atoms with Gasteiger partial charge in [-0.05, 0) is 25.0 Å². The molecule has 0 aliphatic rings. The van der Waals surface area contributed by atoms with Gasteiger partial charge < -0.3 is 5.32 Å². The molecule has 0 aliphatic carbocycles. The van der Waals surface area contributed by atoms with Crippen molar-refractivity contribution in [2.24, 2.45) is 0 Å². The molecule has 1 aromatic carbocycles. The summed E-state index contributed by atoms with van der Waals surface area (Å²) < 4.78 is 1.04. The Morgan fingerprint density at radius 3 is 2.93 bits per heavy atom. The van der Waals surface area contributed by atoms with Crippen LogP contribution in [-0.2, 0) is 0 Å². The number of amides is 1. The molecule has 1 aromatic rings. The zero-order valence-electron chi connectivity index (χ0n) is 8.52. The van der Waals surface area contributed by atoms with E-state index in [4.69, 9.17) is 11.6 Å². The molecule has 0 radical (unpaired) electrons. The van der Waals surface area contributed by atoms with E-state index >= 15 is 0 Å². The number of rotatable bonds is 4. The lowest BCUT2D eigenvalue weighted by atomic mass is 10.1. The van der Waals surface area contributed by atoms with Crippen molar-refractivity contribution in [1.82, 2.24) is 5.32 Å². The molecule has 0 aromatic heterocycles. The van der Waals surface area contributed by atoms with E-state index in [1.54, 1.807) is 6.07 Å². The molecule has 0 spiro atoms. The first-order valence-electron chi connectivity index (χ1n) is 4.76. The van der Waals surface area contributed by atoms with Gasteiger partial charge in [0, 0.05) is 11.0 Å². The number of carbonyl (C=O) groups is 1. The molecular formula is C11H13ClINO. The summed E-state index contributed by atoms with van der Waals surface area (Å²) in [5, 5.41) is 3.39. The summed E-state index contributed by atoms with van der Waals surface area (Å²) in [5.74, 6) is -0.0893. The Kier molecular flexibility index (Phi) is 5.39. The van der Waals surface area contributed by atoms with E-state index in [0.717, 1.165) is 16.4 Å². The van der Waals surface area contributed by atoms with Crippen LogP contribution < -0.4 is 5.32 Å². The molecule has 0 saturated heterocycles. The average Bonchev–Trinajstić information content (AvgIpc) is 2.22. The predicted octanol–water partition coefficient (Wildman–Crippen LogP) is 3.20. The molecule has 15 heavy (non-hydrogen) atoms. The second-order valence-electron chi connectivity index (χ2n) is 3.23. The van der Waals surface area contributed by atoms with Gasteiger partial charge >= 0.3 is 0 Å². The van der Waals surface area contributed by atoms with Gasteiger partial charge in [0.15, 0.2) is 0 Å². The van der Waals surface area contributed by atoms with Gasteiger partial charge in [-0.1, -0.05) is 46.3 Å². The summed E-state index contributed by atoms with van der Waals surface area (Å²) in [4.78, 5) is 11.7. The fourth-order valence-corrected chi connectivity index (χ4v) is 1.78. The van der Waals surface area contributed by atoms with Gasteiger partial charge in [-0.25, -0.2) is 0 Å². The van der Waals surface area contributed by atoms with E-state index in [1.807, 2.05) is 19.1 Å². The molecule has 0 bridgehead atoms. The number of aryl methyl sites for hydroxylation is 1. The smallest absolute Gasteiger partial charge is 0.252 e. The molecule has 0 atom stereocenters. The SMILES string of the molecule is Cc1cccc(C(=O)NCCCI)c1Cl. The van der Waals surface area contributed by atoms with Gasteiger partial charge in [-0.15, -0.1) is 0 Å². The number of hydrogen-bond acceptors (Lipinski definition) is 1. The van der Waals surface area contributed by atoms with E-state index in [0.29, 0.717) is 17.1 Å². The third-order valence-corrected chi connectivity index (χ3v) is 3.30. The number of nitrogens with one attached hydrogen (secondary N) is 1. The highest BCUT2D eigenvalue weighted by Gasteiger charge is 2.10. The minimum absolute atomic E-state index is 0.0893. The lowest BCUT2D eigenvalue weighted by Crippen LogP contribution is -2.25. The zero-order chi connectivity index (χ0) is 11.3. The summed E-state index contributed by atoms with van der Waals surface area (Å²) >= 11 is 8.32.